The summed E-state index contributed by atoms with van der Waals surface area (Å²) in [7, 11) is 0. The average molecular weight is 280 g/mol. The molecule has 4 nitrogen and oxygen atoms in total. The maximum atomic E-state index is 10.8. The van der Waals surface area contributed by atoms with E-state index < -0.39 is 5.60 Å². The smallest absolute Gasteiger partial charge is 0.193 e. The Bertz CT molecular complexity index is 520. The number of thiazole rings is 1. The quantitative estimate of drug-likeness (QED) is 0.936. The second-order valence-electron chi connectivity index (χ2n) is 5.46. The molecule has 19 heavy (non-hydrogen) atoms. The summed E-state index contributed by atoms with van der Waals surface area (Å²) in [4.78, 5) is 5.56. The summed E-state index contributed by atoms with van der Waals surface area (Å²) >= 11 is 1.62. The van der Waals surface area contributed by atoms with Gasteiger partial charge in [-0.25, -0.2) is 4.98 Å². The molecule has 1 fully saturated rings. The minimum Gasteiger partial charge on any atom is -0.389 e. The number of rotatable bonds is 4. The maximum Gasteiger partial charge on any atom is 0.193 e. The fourth-order valence-corrected chi connectivity index (χ4v) is 3.59. The minimum atomic E-state index is -0.651. The highest BCUT2D eigenvalue weighted by Crippen LogP contribution is 2.30. The summed E-state index contributed by atoms with van der Waals surface area (Å²) in [5.74, 6) is 0. The highest BCUT2D eigenvalue weighted by atomic mass is 32.1. The highest BCUT2D eigenvalue weighted by molar-refractivity contribution is 7.15. The highest BCUT2D eigenvalue weighted by Gasteiger charge is 2.35. The summed E-state index contributed by atoms with van der Waals surface area (Å²) in [6, 6.07) is 0. The van der Waals surface area contributed by atoms with Gasteiger partial charge in [-0.15, -0.1) is 11.3 Å². The third kappa shape index (κ3) is 2.83. The van der Waals surface area contributed by atoms with Gasteiger partial charge in [0.2, 0.25) is 0 Å². The average Bonchev–Trinajstić information content (AvgIpc) is 2.89. The van der Waals surface area contributed by atoms with E-state index in [-0.39, 0.29) is 6.10 Å². The topological polar surface area (TPSA) is 46.8 Å². The Hall–Kier alpha value is -0.910. The molecule has 2 aromatic heterocycles. The van der Waals surface area contributed by atoms with Gasteiger partial charge in [0.05, 0.1) is 17.4 Å². The third-order valence-electron chi connectivity index (χ3n) is 3.79. The van der Waals surface area contributed by atoms with Gasteiger partial charge in [0.25, 0.3) is 0 Å². The van der Waals surface area contributed by atoms with Gasteiger partial charge in [0.1, 0.15) is 0 Å². The Morgan fingerprint density at radius 3 is 3.32 bits per heavy atom. The van der Waals surface area contributed by atoms with Crippen molar-refractivity contribution in [3.05, 3.63) is 23.5 Å². The second-order valence-corrected chi connectivity index (χ2v) is 6.33. The number of ether oxygens (including phenoxy) is 1. The lowest BCUT2D eigenvalue weighted by Crippen LogP contribution is -2.42. The zero-order chi connectivity index (χ0) is 13.3. The molecule has 0 aliphatic carbocycles. The molecule has 1 saturated heterocycles. The molecule has 104 valence electrons. The van der Waals surface area contributed by atoms with Gasteiger partial charge >= 0.3 is 0 Å². The minimum absolute atomic E-state index is 0.201. The summed E-state index contributed by atoms with van der Waals surface area (Å²) in [5.41, 5.74) is 0.328. The first-order valence-electron chi connectivity index (χ1n) is 6.93. The van der Waals surface area contributed by atoms with Gasteiger partial charge in [-0.05, 0) is 12.8 Å². The third-order valence-corrected chi connectivity index (χ3v) is 4.56. The first kappa shape index (κ1) is 13.1. The van der Waals surface area contributed by atoms with Crippen molar-refractivity contribution in [2.75, 3.05) is 6.61 Å². The molecule has 0 bridgehead atoms. The van der Waals surface area contributed by atoms with Crippen LogP contribution in [0.4, 0.5) is 0 Å². The van der Waals surface area contributed by atoms with Crippen LogP contribution in [0.1, 0.15) is 38.3 Å². The molecule has 1 N–H and O–H groups in total. The number of fused-ring (bicyclic) bond motifs is 1. The van der Waals surface area contributed by atoms with E-state index >= 15 is 0 Å². The monoisotopic (exact) mass is 280 g/mol. The Kier molecular flexibility index (Phi) is 3.60. The van der Waals surface area contributed by atoms with Gasteiger partial charge in [-0.1, -0.05) is 13.3 Å². The van der Waals surface area contributed by atoms with Crippen LogP contribution >= 0.6 is 11.3 Å². The predicted molar refractivity (Wildman–Crippen MR) is 75.6 cm³/mol. The largest absolute Gasteiger partial charge is 0.389 e. The van der Waals surface area contributed by atoms with Crippen molar-refractivity contribution in [1.82, 2.24) is 9.38 Å². The van der Waals surface area contributed by atoms with Crippen LogP contribution in [0.25, 0.3) is 4.96 Å². The van der Waals surface area contributed by atoms with Crippen LogP contribution in [0.2, 0.25) is 0 Å². The summed E-state index contributed by atoms with van der Waals surface area (Å²) < 4.78 is 7.73. The summed E-state index contributed by atoms with van der Waals surface area (Å²) in [6.07, 6.45) is 8.42. The first-order chi connectivity index (χ1) is 9.18. The number of hydrogen-bond acceptors (Lipinski definition) is 4. The van der Waals surface area contributed by atoms with E-state index in [2.05, 4.69) is 11.9 Å². The van der Waals surface area contributed by atoms with E-state index in [0.717, 1.165) is 29.9 Å². The standard InChI is InChI=1S/C14H20N2O2S/c1-2-3-12-9-14(17,4-6-18-12)8-11-10-16-5-7-19-13(16)15-11/h5,7,10,12,17H,2-4,6,8-9H2,1H3. The Balaban J connectivity index is 1.71. The molecule has 2 aromatic rings. The molecule has 0 radical (unpaired) electrons. The molecule has 2 atom stereocenters. The number of hydrogen-bond donors (Lipinski definition) is 1. The van der Waals surface area contributed by atoms with E-state index in [0.29, 0.717) is 19.4 Å². The molecule has 1 aliphatic heterocycles. The molecular weight excluding hydrogens is 260 g/mol. The van der Waals surface area contributed by atoms with Crippen LogP contribution in [0.3, 0.4) is 0 Å². The van der Waals surface area contributed by atoms with E-state index in [4.69, 9.17) is 4.74 Å². The normalized spacial score (nSPS) is 28.0. The Labute approximate surface area is 117 Å². The predicted octanol–water partition coefficient (Wildman–Crippen LogP) is 2.65. The Morgan fingerprint density at radius 1 is 1.63 bits per heavy atom. The molecular formula is C14H20N2O2S. The zero-order valence-electron chi connectivity index (χ0n) is 11.2. The Morgan fingerprint density at radius 2 is 2.53 bits per heavy atom. The lowest BCUT2D eigenvalue weighted by atomic mass is 9.85. The molecule has 3 heterocycles. The van der Waals surface area contributed by atoms with Crippen LogP contribution in [0, 0.1) is 0 Å². The summed E-state index contributed by atoms with van der Waals surface area (Å²) in [6.45, 7) is 2.81. The number of aliphatic hydroxyl groups is 1. The van der Waals surface area contributed by atoms with Gasteiger partial charge in [-0.2, -0.15) is 0 Å². The van der Waals surface area contributed by atoms with Crippen molar-refractivity contribution in [3.8, 4) is 0 Å². The van der Waals surface area contributed by atoms with Crippen molar-refractivity contribution in [2.45, 2.75) is 50.7 Å². The van der Waals surface area contributed by atoms with Crippen LogP contribution in [-0.4, -0.2) is 32.8 Å². The van der Waals surface area contributed by atoms with Crippen LogP contribution in [-0.2, 0) is 11.2 Å². The zero-order valence-corrected chi connectivity index (χ0v) is 12.0. The van der Waals surface area contributed by atoms with Crippen LogP contribution in [0.5, 0.6) is 0 Å². The van der Waals surface area contributed by atoms with E-state index in [1.54, 1.807) is 11.3 Å². The van der Waals surface area contributed by atoms with Crippen molar-refractivity contribution in [3.63, 3.8) is 0 Å². The van der Waals surface area contributed by atoms with Gasteiger partial charge < -0.3 is 9.84 Å². The molecule has 2 unspecified atom stereocenters. The summed E-state index contributed by atoms with van der Waals surface area (Å²) in [5, 5.41) is 12.8. The fourth-order valence-electron chi connectivity index (χ4n) is 2.87. The van der Waals surface area contributed by atoms with Crippen molar-refractivity contribution < 1.29 is 9.84 Å². The number of nitrogens with zero attached hydrogens (tertiary/aromatic N) is 2. The van der Waals surface area contributed by atoms with Crippen molar-refractivity contribution in [1.29, 1.82) is 0 Å². The fraction of sp³-hybridized carbons (Fsp3) is 0.643. The van der Waals surface area contributed by atoms with E-state index in [9.17, 15) is 5.11 Å². The van der Waals surface area contributed by atoms with E-state index in [1.165, 1.54) is 0 Å². The second kappa shape index (κ2) is 5.23. The number of imidazole rings is 1. The molecule has 0 aromatic carbocycles. The molecule has 0 amide bonds. The molecule has 3 rings (SSSR count). The maximum absolute atomic E-state index is 10.8. The molecule has 5 heteroatoms. The lowest BCUT2D eigenvalue weighted by Gasteiger charge is -2.36. The van der Waals surface area contributed by atoms with Gasteiger partial charge in [0, 0.05) is 37.2 Å². The van der Waals surface area contributed by atoms with E-state index in [1.807, 2.05) is 22.2 Å². The molecule has 0 saturated carbocycles. The first-order valence-corrected chi connectivity index (χ1v) is 7.81. The van der Waals surface area contributed by atoms with Crippen LogP contribution in [0.15, 0.2) is 17.8 Å². The molecule has 0 spiro atoms. The lowest BCUT2D eigenvalue weighted by molar-refractivity contribution is -0.105. The SMILES string of the molecule is CCCC1CC(O)(Cc2cn3ccsc3n2)CCO1. The van der Waals surface area contributed by atoms with Gasteiger partial charge in [0.15, 0.2) is 4.96 Å². The van der Waals surface area contributed by atoms with Gasteiger partial charge in [-0.3, -0.25) is 4.40 Å². The van der Waals surface area contributed by atoms with Crippen molar-refractivity contribution in [2.24, 2.45) is 0 Å². The molecule has 1 aliphatic rings. The number of aromatic nitrogens is 2. The van der Waals surface area contributed by atoms with Crippen LogP contribution < -0.4 is 0 Å². The van der Waals surface area contributed by atoms with Crippen molar-refractivity contribution >= 4 is 16.3 Å².